The topological polar surface area (TPSA) is 54.0 Å². The number of anilines is 1. The Morgan fingerprint density at radius 1 is 1.16 bits per heavy atom. The fourth-order valence-electron chi connectivity index (χ4n) is 5.54. The Morgan fingerprint density at radius 3 is 2.66 bits per heavy atom. The molecule has 0 bridgehead atoms. The molecule has 3 atom stereocenters. The second kappa shape index (κ2) is 9.32. The minimum atomic E-state index is -0.0626. The lowest BCUT2D eigenvalue weighted by Gasteiger charge is -2.46. The van der Waals surface area contributed by atoms with Crippen molar-refractivity contribution in [3.63, 3.8) is 0 Å². The zero-order valence-corrected chi connectivity index (χ0v) is 20.8. The normalized spacial score (nSPS) is 25.2. The predicted molar refractivity (Wildman–Crippen MR) is 131 cm³/mol. The Labute approximate surface area is 199 Å². The van der Waals surface area contributed by atoms with Gasteiger partial charge in [0.15, 0.2) is 11.5 Å². The first-order valence-electron chi connectivity index (χ1n) is 11.1. The number of likely N-dealkylation sites (tertiary alicyclic amines) is 1. The van der Waals surface area contributed by atoms with Crippen LogP contribution in [0, 0.1) is 0 Å². The summed E-state index contributed by atoms with van der Waals surface area (Å²) in [5.74, 6) is 1.54. The molecular weight excluding hydrogens is 470 g/mol. The van der Waals surface area contributed by atoms with Gasteiger partial charge in [-0.15, -0.1) is 0 Å². The van der Waals surface area contributed by atoms with Crippen LogP contribution in [0.4, 0.5) is 10.5 Å². The third kappa shape index (κ3) is 4.20. The van der Waals surface area contributed by atoms with E-state index in [-0.39, 0.29) is 17.5 Å². The van der Waals surface area contributed by atoms with Crippen LogP contribution >= 0.6 is 15.9 Å². The molecule has 1 aliphatic carbocycles. The van der Waals surface area contributed by atoms with Gasteiger partial charge in [0.2, 0.25) is 0 Å². The molecule has 1 heterocycles. The summed E-state index contributed by atoms with van der Waals surface area (Å²) in [5, 5.41) is 3.03. The molecule has 1 N–H and O–H groups in total. The van der Waals surface area contributed by atoms with Gasteiger partial charge >= 0.3 is 6.03 Å². The second-order valence-electron chi connectivity index (χ2n) is 8.95. The molecule has 32 heavy (non-hydrogen) atoms. The molecule has 2 aromatic rings. The number of benzene rings is 2. The number of hydrogen-bond acceptors (Lipinski definition) is 4. The van der Waals surface area contributed by atoms with E-state index in [2.05, 4.69) is 45.3 Å². The molecule has 1 saturated carbocycles. The van der Waals surface area contributed by atoms with E-state index < -0.39 is 0 Å². The molecule has 4 rings (SSSR count). The Morgan fingerprint density at radius 2 is 1.94 bits per heavy atom. The molecule has 0 unspecified atom stereocenters. The highest BCUT2D eigenvalue weighted by Gasteiger charge is 2.51. The molecule has 0 radical (unpaired) electrons. The summed E-state index contributed by atoms with van der Waals surface area (Å²) in [6.45, 7) is 1.06. The maximum Gasteiger partial charge on any atom is 0.321 e. The average Bonchev–Trinajstić information content (AvgIpc) is 3.15. The van der Waals surface area contributed by atoms with E-state index in [0.29, 0.717) is 6.04 Å². The van der Waals surface area contributed by atoms with Crippen LogP contribution < -0.4 is 14.8 Å². The first-order chi connectivity index (χ1) is 15.4. The zero-order chi connectivity index (χ0) is 22.9. The van der Waals surface area contributed by atoms with Crippen molar-refractivity contribution >= 4 is 27.6 Å². The Balaban J connectivity index is 1.52. The minimum Gasteiger partial charge on any atom is -0.493 e. The minimum absolute atomic E-state index is 0.0626. The van der Waals surface area contributed by atoms with E-state index in [9.17, 15) is 4.79 Å². The largest absolute Gasteiger partial charge is 0.493 e. The highest BCUT2D eigenvalue weighted by atomic mass is 79.9. The van der Waals surface area contributed by atoms with Crippen molar-refractivity contribution in [2.45, 2.75) is 43.2 Å². The maximum atomic E-state index is 13.0. The fraction of sp³-hybridized carbons (Fsp3) is 0.480. The lowest BCUT2D eigenvalue weighted by atomic mass is 9.65. The molecule has 2 aromatic carbocycles. The fourth-order valence-corrected chi connectivity index (χ4v) is 5.94. The predicted octanol–water partition coefficient (Wildman–Crippen LogP) is 5.12. The van der Waals surface area contributed by atoms with Gasteiger partial charge in [-0.2, -0.15) is 0 Å². The monoisotopic (exact) mass is 501 g/mol. The van der Waals surface area contributed by atoms with E-state index in [1.165, 1.54) is 5.56 Å². The highest BCUT2D eigenvalue weighted by Crippen LogP contribution is 2.50. The first kappa shape index (κ1) is 22.9. The van der Waals surface area contributed by atoms with Gasteiger partial charge in [-0.05, 0) is 75.2 Å². The van der Waals surface area contributed by atoms with E-state index in [0.717, 1.165) is 53.9 Å². The lowest BCUT2D eigenvalue weighted by Crippen LogP contribution is -2.52. The maximum absolute atomic E-state index is 13.0. The molecule has 7 heteroatoms. The number of likely N-dealkylation sites (N-methyl/N-ethyl adjacent to an activating group) is 1. The van der Waals surface area contributed by atoms with Crippen molar-refractivity contribution in [1.82, 2.24) is 9.80 Å². The molecule has 1 aliphatic heterocycles. The second-order valence-corrected chi connectivity index (χ2v) is 9.87. The van der Waals surface area contributed by atoms with Crippen molar-refractivity contribution in [1.29, 1.82) is 0 Å². The summed E-state index contributed by atoms with van der Waals surface area (Å²) in [7, 11) is 7.48. The molecule has 172 valence electrons. The van der Waals surface area contributed by atoms with Crippen LogP contribution in [-0.2, 0) is 5.41 Å². The van der Waals surface area contributed by atoms with Crippen LogP contribution in [-0.4, -0.2) is 62.8 Å². The number of nitrogens with zero attached hydrogens (tertiary/aromatic N) is 2. The summed E-state index contributed by atoms with van der Waals surface area (Å²) in [4.78, 5) is 17.3. The smallest absolute Gasteiger partial charge is 0.321 e. The van der Waals surface area contributed by atoms with Crippen LogP contribution in [0.15, 0.2) is 46.9 Å². The average molecular weight is 502 g/mol. The molecule has 2 amide bonds. The van der Waals surface area contributed by atoms with Crippen molar-refractivity contribution in [3.8, 4) is 11.5 Å². The number of fused-ring (bicyclic) bond motifs is 1. The summed E-state index contributed by atoms with van der Waals surface area (Å²) >= 11 is 3.46. The number of carbonyl (C=O) groups excluding carboxylic acids is 1. The van der Waals surface area contributed by atoms with Gasteiger partial charge in [0, 0.05) is 34.7 Å². The number of carbonyl (C=O) groups is 1. The van der Waals surface area contributed by atoms with Crippen molar-refractivity contribution in [2.75, 3.05) is 40.2 Å². The number of ether oxygens (including phenoxy) is 2. The van der Waals surface area contributed by atoms with E-state index >= 15 is 0 Å². The first-order valence-corrected chi connectivity index (χ1v) is 11.9. The summed E-state index contributed by atoms with van der Waals surface area (Å²) in [6.07, 6.45) is 4.08. The quantitative estimate of drug-likeness (QED) is 0.617. The lowest BCUT2D eigenvalue weighted by molar-refractivity contribution is 0.112. The number of rotatable bonds is 5. The molecule has 0 aromatic heterocycles. The van der Waals surface area contributed by atoms with Gasteiger partial charge in [0.25, 0.3) is 0 Å². The number of halogens is 1. The van der Waals surface area contributed by atoms with Gasteiger partial charge in [-0.1, -0.05) is 28.1 Å². The highest BCUT2D eigenvalue weighted by molar-refractivity contribution is 9.10. The van der Waals surface area contributed by atoms with Crippen molar-refractivity contribution in [3.05, 3.63) is 52.5 Å². The van der Waals surface area contributed by atoms with E-state index in [1.807, 2.05) is 42.3 Å². The summed E-state index contributed by atoms with van der Waals surface area (Å²) in [5.41, 5.74) is 2.18. The molecule has 2 aliphatic rings. The number of urea groups is 1. The molecule has 0 spiro atoms. The third-order valence-corrected chi connectivity index (χ3v) is 7.90. The van der Waals surface area contributed by atoms with Crippen molar-refractivity contribution in [2.24, 2.45) is 0 Å². The number of methoxy groups -OCH3 is 2. The Hall–Kier alpha value is -2.25. The van der Waals surface area contributed by atoms with Crippen LogP contribution in [0.25, 0.3) is 0 Å². The van der Waals surface area contributed by atoms with Gasteiger partial charge < -0.3 is 24.6 Å². The number of nitrogens with one attached hydrogen (secondary N) is 1. The van der Waals surface area contributed by atoms with Gasteiger partial charge in [0.1, 0.15) is 0 Å². The van der Waals surface area contributed by atoms with Crippen LogP contribution in [0.3, 0.4) is 0 Å². The van der Waals surface area contributed by atoms with Crippen LogP contribution in [0.5, 0.6) is 11.5 Å². The van der Waals surface area contributed by atoms with Gasteiger partial charge in [-0.3, -0.25) is 0 Å². The van der Waals surface area contributed by atoms with Crippen molar-refractivity contribution < 1.29 is 14.3 Å². The summed E-state index contributed by atoms with van der Waals surface area (Å²) < 4.78 is 12.0. The van der Waals surface area contributed by atoms with Gasteiger partial charge in [-0.25, -0.2) is 4.79 Å². The third-order valence-electron chi connectivity index (χ3n) is 7.40. The number of amides is 2. The number of hydrogen-bond donors (Lipinski definition) is 1. The molecule has 1 saturated heterocycles. The Bertz CT molecular complexity index is 985. The Kier molecular flexibility index (Phi) is 6.67. The van der Waals surface area contributed by atoms with Gasteiger partial charge in [0.05, 0.1) is 14.2 Å². The SMILES string of the molecule is COc1ccc([C@@]23CC[C@@H](N(C)C(=O)Nc4cccc(Br)c4)C[C@@H]2N(C)CC3)cc1OC. The van der Waals surface area contributed by atoms with Crippen LogP contribution in [0.2, 0.25) is 0 Å². The summed E-state index contributed by atoms with van der Waals surface area (Å²) in [6, 6.07) is 14.6. The standard InChI is InChI=1S/C25H32BrN3O3/c1-28-13-12-25(17-8-9-21(31-3)22(14-17)32-4)11-10-20(16-23(25)28)29(2)24(30)27-19-7-5-6-18(26)15-19/h5-9,14-15,20,23H,10-13,16H2,1-4H3,(H,27,30)/t20-,23+,25+/m1/s1. The van der Waals surface area contributed by atoms with E-state index in [1.54, 1.807) is 14.2 Å². The molecule has 6 nitrogen and oxygen atoms in total. The molecular formula is C25H32BrN3O3. The van der Waals surface area contributed by atoms with Crippen LogP contribution in [0.1, 0.15) is 31.2 Å². The van der Waals surface area contributed by atoms with E-state index in [4.69, 9.17) is 9.47 Å². The zero-order valence-electron chi connectivity index (χ0n) is 19.2. The molecule has 2 fully saturated rings.